The summed E-state index contributed by atoms with van der Waals surface area (Å²) in [4.78, 5) is 25.3. The lowest BCUT2D eigenvalue weighted by atomic mass is 10.2. The number of ether oxygens (including phenoxy) is 1. The maximum absolute atomic E-state index is 12.5. The van der Waals surface area contributed by atoms with Gasteiger partial charge in [-0.05, 0) is 6.07 Å². The monoisotopic (exact) mass is 342 g/mol. The first kappa shape index (κ1) is 16.1. The Labute approximate surface area is 133 Å². The van der Waals surface area contributed by atoms with Gasteiger partial charge >= 0.3 is 0 Å². The zero-order valence-corrected chi connectivity index (χ0v) is 13.7. The Kier molecular flexibility index (Phi) is 3.98. The number of aromatic amines is 1. The summed E-state index contributed by atoms with van der Waals surface area (Å²) in [6.45, 7) is 2.54. The number of amides is 1. The van der Waals surface area contributed by atoms with Gasteiger partial charge in [-0.2, -0.15) is 9.40 Å². The summed E-state index contributed by atoms with van der Waals surface area (Å²) in [5.74, 6) is -0.557. The molecule has 0 aromatic carbocycles. The van der Waals surface area contributed by atoms with Crippen LogP contribution in [0, 0.1) is 0 Å². The lowest BCUT2D eigenvalue weighted by Gasteiger charge is -2.34. The summed E-state index contributed by atoms with van der Waals surface area (Å²) in [5.41, 5.74) is 0.402. The van der Waals surface area contributed by atoms with Gasteiger partial charge in [0.2, 0.25) is 10.0 Å². The maximum Gasteiger partial charge on any atom is 0.272 e. The number of nitrogens with zero attached hydrogens (tertiary/aromatic N) is 3. The van der Waals surface area contributed by atoms with E-state index in [4.69, 9.17) is 4.74 Å². The normalized spacial score (nSPS) is 25.4. The first-order valence-corrected chi connectivity index (χ1v) is 9.06. The number of rotatable bonds is 3. The summed E-state index contributed by atoms with van der Waals surface area (Å²) >= 11 is 0. The molecule has 23 heavy (non-hydrogen) atoms. The SMILES string of the molecule is CC(=O)c1cc(C(=O)N2C[C@@H]3OCCN(S(C)(=O)=O)[C@@H]3C2)[nH]n1. The quantitative estimate of drug-likeness (QED) is 0.712. The molecule has 0 aliphatic carbocycles. The highest BCUT2D eigenvalue weighted by atomic mass is 32.2. The van der Waals surface area contributed by atoms with Crippen LogP contribution in [0.1, 0.15) is 27.9 Å². The highest BCUT2D eigenvalue weighted by Gasteiger charge is 2.45. The van der Waals surface area contributed by atoms with Gasteiger partial charge in [-0.15, -0.1) is 0 Å². The standard InChI is InChI=1S/C13H18N4O5S/c1-8(18)9-5-10(15-14-9)13(19)16-6-11-12(7-16)22-4-3-17(11)23(2,20)21/h5,11-12H,3-4,6-7H2,1-2H3,(H,14,15)/t11-,12+/m1/s1. The number of hydrogen-bond acceptors (Lipinski definition) is 6. The van der Waals surface area contributed by atoms with Crippen LogP contribution in [0.5, 0.6) is 0 Å². The van der Waals surface area contributed by atoms with E-state index in [9.17, 15) is 18.0 Å². The van der Waals surface area contributed by atoms with E-state index < -0.39 is 10.0 Å². The lowest BCUT2D eigenvalue weighted by molar-refractivity contribution is -0.0157. The lowest BCUT2D eigenvalue weighted by Crippen LogP contribution is -2.52. The fourth-order valence-corrected chi connectivity index (χ4v) is 4.12. The summed E-state index contributed by atoms with van der Waals surface area (Å²) in [5, 5.41) is 6.35. The molecular weight excluding hydrogens is 324 g/mol. The predicted molar refractivity (Wildman–Crippen MR) is 79.6 cm³/mol. The van der Waals surface area contributed by atoms with Gasteiger partial charge in [-0.1, -0.05) is 0 Å². The van der Waals surface area contributed by atoms with Gasteiger partial charge in [-0.3, -0.25) is 14.7 Å². The number of carbonyl (C=O) groups is 2. The Morgan fingerprint density at radius 2 is 2.13 bits per heavy atom. The molecule has 2 saturated heterocycles. The molecule has 2 atom stereocenters. The first-order valence-electron chi connectivity index (χ1n) is 7.21. The van der Waals surface area contributed by atoms with E-state index in [1.807, 2.05) is 0 Å². The number of ketones is 1. The topological polar surface area (TPSA) is 113 Å². The van der Waals surface area contributed by atoms with E-state index in [0.29, 0.717) is 19.7 Å². The van der Waals surface area contributed by atoms with E-state index in [-0.39, 0.29) is 41.8 Å². The second-order valence-electron chi connectivity index (χ2n) is 5.78. The van der Waals surface area contributed by atoms with E-state index in [1.165, 1.54) is 22.2 Å². The van der Waals surface area contributed by atoms with Crippen molar-refractivity contribution < 1.29 is 22.7 Å². The number of morpholine rings is 1. The van der Waals surface area contributed by atoms with Gasteiger partial charge in [0.15, 0.2) is 5.78 Å². The zero-order valence-electron chi connectivity index (χ0n) is 12.9. The molecule has 3 rings (SSSR count). The molecule has 0 saturated carbocycles. The summed E-state index contributed by atoms with van der Waals surface area (Å²) in [6, 6.07) is 1.03. The van der Waals surface area contributed by atoms with Crippen molar-refractivity contribution in [2.75, 3.05) is 32.5 Å². The summed E-state index contributed by atoms with van der Waals surface area (Å²) < 4.78 is 30.7. The van der Waals surface area contributed by atoms with Gasteiger partial charge in [0.1, 0.15) is 11.4 Å². The van der Waals surface area contributed by atoms with Gasteiger partial charge < -0.3 is 9.64 Å². The van der Waals surface area contributed by atoms with E-state index in [2.05, 4.69) is 10.2 Å². The van der Waals surface area contributed by atoms with Crippen LogP contribution in [-0.4, -0.2) is 84.2 Å². The van der Waals surface area contributed by atoms with Gasteiger partial charge in [0.25, 0.3) is 5.91 Å². The van der Waals surface area contributed by atoms with Gasteiger partial charge in [-0.25, -0.2) is 8.42 Å². The van der Waals surface area contributed by atoms with E-state index in [1.54, 1.807) is 0 Å². The molecule has 9 nitrogen and oxygen atoms in total. The van der Waals surface area contributed by atoms with Crippen LogP contribution < -0.4 is 0 Å². The smallest absolute Gasteiger partial charge is 0.272 e. The first-order chi connectivity index (χ1) is 10.8. The molecule has 0 bridgehead atoms. The number of hydrogen-bond donors (Lipinski definition) is 1. The number of likely N-dealkylation sites (tertiary alicyclic amines) is 1. The van der Waals surface area contributed by atoms with Crippen molar-refractivity contribution in [1.82, 2.24) is 19.4 Å². The Morgan fingerprint density at radius 3 is 2.74 bits per heavy atom. The van der Waals surface area contributed by atoms with E-state index >= 15 is 0 Å². The molecule has 0 spiro atoms. The fraction of sp³-hybridized carbons (Fsp3) is 0.615. The molecule has 1 amide bonds. The molecule has 3 heterocycles. The van der Waals surface area contributed by atoms with Crippen molar-refractivity contribution >= 4 is 21.7 Å². The minimum Gasteiger partial charge on any atom is -0.373 e. The number of aromatic nitrogens is 2. The molecule has 2 aliphatic rings. The van der Waals surface area contributed by atoms with Crippen molar-refractivity contribution in [3.05, 3.63) is 17.5 Å². The Morgan fingerprint density at radius 1 is 1.39 bits per heavy atom. The van der Waals surface area contributed by atoms with Crippen molar-refractivity contribution in [2.45, 2.75) is 19.1 Å². The van der Waals surface area contributed by atoms with Crippen LogP contribution in [0.2, 0.25) is 0 Å². The Bertz CT molecular complexity index is 743. The molecule has 2 fully saturated rings. The largest absolute Gasteiger partial charge is 0.373 e. The zero-order chi connectivity index (χ0) is 16.8. The average molecular weight is 342 g/mol. The molecule has 0 radical (unpaired) electrons. The molecule has 1 N–H and O–H groups in total. The third-order valence-corrected chi connectivity index (χ3v) is 5.44. The molecule has 2 aliphatic heterocycles. The number of nitrogens with one attached hydrogen (secondary N) is 1. The second-order valence-corrected chi connectivity index (χ2v) is 7.72. The average Bonchev–Trinajstić information content (AvgIpc) is 3.11. The second kappa shape index (κ2) is 5.69. The number of fused-ring (bicyclic) bond motifs is 1. The minimum atomic E-state index is -3.35. The number of H-pyrrole nitrogens is 1. The summed E-state index contributed by atoms with van der Waals surface area (Å²) in [7, 11) is -3.35. The van der Waals surface area contributed by atoms with Gasteiger partial charge in [0.05, 0.1) is 25.0 Å². The molecular formula is C13H18N4O5S. The molecule has 1 aromatic rings. The van der Waals surface area contributed by atoms with Crippen molar-refractivity contribution in [3.63, 3.8) is 0 Å². The number of carbonyl (C=O) groups excluding carboxylic acids is 2. The van der Waals surface area contributed by atoms with Crippen LogP contribution >= 0.6 is 0 Å². The minimum absolute atomic E-state index is 0.193. The third-order valence-electron chi connectivity index (χ3n) is 4.13. The molecule has 126 valence electrons. The fourth-order valence-electron chi connectivity index (χ4n) is 3.02. The van der Waals surface area contributed by atoms with Crippen molar-refractivity contribution in [2.24, 2.45) is 0 Å². The van der Waals surface area contributed by atoms with Crippen LogP contribution in [-0.2, 0) is 14.8 Å². The van der Waals surface area contributed by atoms with Crippen LogP contribution in [0.15, 0.2) is 6.07 Å². The Hall–Kier alpha value is -1.78. The molecule has 10 heteroatoms. The van der Waals surface area contributed by atoms with Gasteiger partial charge in [0, 0.05) is 26.6 Å². The van der Waals surface area contributed by atoms with Crippen molar-refractivity contribution in [3.8, 4) is 0 Å². The Balaban J connectivity index is 1.78. The van der Waals surface area contributed by atoms with Crippen LogP contribution in [0.25, 0.3) is 0 Å². The van der Waals surface area contributed by atoms with Crippen LogP contribution in [0.4, 0.5) is 0 Å². The van der Waals surface area contributed by atoms with E-state index in [0.717, 1.165) is 6.26 Å². The summed E-state index contributed by atoms with van der Waals surface area (Å²) in [6.07, 6.45) is 0.825. The highest BCUT2D eigenvalue weighted by Crippen LogP contribution is 2.25. The number of Topliss-reactive ketones (excluding diaryl/α,β-unsaturated/α-hetero) is 1. The van der Waals surface area contributed by atoms with Crippen molar-refractivity contribution in [1.29, 1.82) is 0 Å². The van der Waals surface area contributed by atoms with Crippen LogP contribution in [0.3, 0.4) is 0 Å². The molecule has 1 aromatic heterocycles. The predicted octanol–water partition coefficient (Wildman–Crippen LogP) is -0.903. The third kappa shape index (κ3) is 3.01. The highest BCUT2D eigenvalue weighted by molar-refractivity contribution is 7.88. The molecule has 0 unspecified atom stereocenters. The maximum atomic E-state index is 12.5. The number of sulfonamides is 1.